The number of aliphatic carboxylic acids is 1. The highest BCUT2D eigenvalue weighted by Gasteiger charge is 2.50. The Bertz CT molecular complexity index is 580. The van der Waals surface area contributed by atoms with Crippen molar-refractivity contribution in [2.24, 2.45) is 11.7 Å². The van der Waals surface area contributed by atoms with E-state index < -0.39 is 11.7 Å². The number of ether oxygens (including phenoxy) is 1. The number of carboxylic acid groups (broad SMARTS) is 1. The van der Waals surface area contributed by atoms with E-state index in [9.17, 15) is 9.90 Å². The second-order valence-corrected chi connectivity index (χ2v) is 6.50. The standard InChI is InChI=1S/C15H19ClN2O3/c1-18-5-4-15(17)12(8-18)10(7-14(19)20)11-6-9(16)2-3-13(11)21-15/h2-3,6,10,12H,4-5,7-8,17H2,1H3,(H,19,20). The van der Waals surface area contributed by atoms with Crippen molar-refractivity contribution in [3.63, 3.8) is 0 Å². The normalized spacial score (nSPS) is 32.0. The molecule has 0 aromatic heterocycles. The molecule has 2 heterocycles. The van der Waals surface area contributed by atoms with E-state index >= 15 is 0 Å². The second kappa shape index (κ2) is 5.16. The molecular weight excluding hydrogens is 292 g/mol. The van der Waals surface area contributed by atoms with Gasteiger partial charge >= 0.3 is 5.97 Å². The number of hydrogen-bond donors (Lipinski definition) is 2. The summed E-state index contributed by atoms with van der Waals surface area (Å²) in [5.41, 5.74) is 6.53. The van der Waals surface area contributed by atoms with Gasteiger partial charge in [-0.1, -0.05) is 11.6 Å². The number of carbonyl (C=O) groups is 1. The molecule has 3 rings (SSSR count). The predicted molar refractivity (Wildman–Crippen MR) is 79.6 cm³/mol. The first-order chi connectivity index (χ1) is 9.89. The molecule has 0 spiro atoms. The fourth-order valence-electron chi connectivity index (χ4n) is 3.49. The highest BCUT2D eigenvalue weighted by Crippen LogP contribution is 2.48. The minimum Gasteiger partial charge on any atom is -0.481 e. The summed E-state index contributed by atoms with van der Waals surface area (Å²) in [4.78, 5) is 13.5. The first-order valence-corrected chi connectivity index (χ1v) is 7.44. The Kier molecular flexibility index (Phi) is 3.59. The van der Waals surface area contributed by atoms with E-state index in [1.54, 1.807) is 18.2 Å². The van der Waals surface area contributed by atoms with Crippen LogP contribution in [0.3, 0.4) is 0 Å². The van der Waals surface area contributed by atoms with Gasteiger partial charge < -0.3 is 14.7 Å². The first kappa shape index (κ1) is 14.6. The maximum absolute atomic E-state index is 11.3. The van der Waals surface area contributed by atoms with Gasteiger partial charge in [0.2, 0.25) is 0 Å². The van der Waals surface area contributed by atoms with Gasteiger partial charge in [-0.3, -0.25) is 10.5 Å². The summed E-state index contributed by atoms with van der Waals surface area (Å²) in [6, 6.07) is 5.34. The molecule has 3 N–H and O–H groups in total. The predicted octanol–water partition coefficient (Wildman–Crippen LogP) is 1.90. The number of halogens is 1. The largest absolute Gasteiger partial charge is 0.481 e. The van der Waals surface area contributed by atoms with E-state index in [-0.39, 0.29) is 18.3 Å². The Labute approximate surface area is 128 Å². The number of piperidine rings is 1. The zero-order valence-corrected chi connectivity index (χ0v) is 12.6. The van der Waals surface area contributed by atoms with E-state index in [0.29, 0.717) is 17.2 Å². The lowest BCUT2D eigenvalue weighted by atomic mass is 9.72. The fourth-order valence-corrected chi connectivity index (χ4v) is 3.67. The summed E-state index contributed by atoms with van der Waals surface area (Å²) in [5, 5.41) is 9.86. The number of nitrogens with zero attached hydrogens (tertiary/aromatic N) is 1. The maximum atomic E-state index is 11.3. The van der Waals surface area contributed by atoms with Crippen LogP contribution < -0.4 is 10.5 Å². The van der Waals surface area contributed by atoms with Crippen molar-refractivity contribution in [2.75, 3.05) is 20.1 Å². The number of hydrogen-bond acceptors (Lipinski definition) is 4. The summed E-state index contributed by atoms with van der Waals surface area (Å²) in [5.74, 6) is -0.409. The number of likely N-dealkylation sites (tertiary alicyclic amines) is 1. The van der Waals surface area contributed by atoms with Crippen LogP contribution in [0, 0.1) is 5.92 Å². The lowest BCUT2D eigenvalue weighted by Crippen LogP contribution is -2.63. The number of fused-ring (bicyclic) bond motifs is 2. The van der Waals surface area contributed by atoms with E-state index in [0.717, 1.165) is 18.7 Å². The molecule has 21 heavy (non-hydrogen) atoms. The molecule has 1 aromatic carbocycles. The molecule has 0 radical (unpaired) electrons. The van der Waals surface area contributed by atoms with Crippen LogP contribution in [0.1, 0.15) is 24.3 Å². The third-order valence-corrected chi connectivity index (χ3v) is 4.81. The van der Waals surface area contributed by atoms with Crippen molar-refractivity contribution in [3.05, 3.63) is 28.8 Å². The molecule has 1 fully saturated rings. The highest BCUT2D eigenvalue weighted by atomic mass is 35.5. The summed E-state index contributed by atoms with van der Waals surface area (Å²) in [7, 11) is 2.02. The number of rotatable bonds is 2. The zero-order chi connectivity index (χ0) is 15.2. The molecule has 0 bridgehead atoms. The number of benzene rings is 1. The molecule has 0 saturated carbocycles. The molecule has 2 aliphatic rings. The molecule has 2 aliphatic heterocycles. The third kappa shape index (κ3) is 2.61. The van der Waals surface area contributed by atoms with Crippen molar-refractivity contribution < 1.29 is 14.6 Å². The molecule has 0 amide bonds. The smallest absolute Gasteiger partial charge is 0.303 e. The van der Waals surface area contributed by atoms with Gasteiger partial charge in [-0.15, -0.1) is 0 Å². The molecule has 5 nitrogen and oxygen atoms in total. The number of carboxylic acids is 1. The van der Waals surface area contributed by atoms with Crippen LogP contribution in [0.5, 0.6) is 5.75 Å². The van der Waals surface area contributed by atoms with Crippen LogP contribution in [0.4, 0.5) is 0 Å². The Balaban J connectivity index is 2.07. The molecule has 1 aromatic rings. The Morgan fingerprint density at radius 1 is 1.62 bits per heavy atom. The van der Waals surface area contributed by atoms with Crippen molar-refractivity contribution >= 4 is 17.6 Å². The summed E-state index contributed by atoms with van der Waals surface area (Å²) in [6.45, 7) is 1.57. The van der Waals surface area contributed by atoms with Crippen LogP contribution in [0.2, 0.25) is 5.02 Å². The van der Waals surface area contributed by atoms with Gasteiger partial charge in [-0.05, 0) is 30.8 Å². The Morgan fingerprint density at radius 2 is 2.38 bits per heavy atom. The minimum absolute atomic E-state index is 0.0359. The Morgan fingerprint density at radius 3 is 3.10 bits per heavy atom. The molecule has 3 atom stereocenters. The lowest BCUT2D eigenvalue weighted by Gasteiger charge is -2.50. The van der Waals surface area contributed by atoms with Crippen LogP contribution in [0.25, 0.3) is 0 Å². The van der Waals surface area contributed by atoms with Crippen LogP contribution in [-0.4, -0.2) is 41.8 Å². The SMILES string of the molecule is CN1CCC2(N)Oc3ccc(Cl)cc3C(CC(=O)O)C2C1. The first-order valence-electron chi connectivity index (χ1n) is 7.07. The number of nitrogens with two attached hydrogens (primary N) is 1. The fraction of sp³-hybridized carbons (Fsp3) is 0.533. The van der Waals surface area contributed by atoms with Crippen molar-refractivity contribution in [2.45, 2.75) is 24.5 Å². The van der Waals surface area contributed by atoms with Gasteiger partial charge in [0.05, 0.1) is 6.42 Å². The van der Waals surface area contributed by atoms with E-state index in [1.807, 2.05) is 7.05 Å². The summed E-state index contributed by atoms with van der Waals surface area (Å²) >= 11 is 6.07. The second-order valence-electron chi connectivity index (χ2n) is 6.06. The van der Waals surface area contributed by atoms with Crippen LogP contribution in [-0.2, 0) is 4.79 Å². The van der Waals surface area contributed by atoms with Crippen LogP contribution >= 0.6 is 11.6 Å². The van der Waals surface area contributed by atoms with E-state index in [2.05, 4.69) is 4.90 Å². The molecule has 0 aliphatic carbocycles. The average molecular weight is 311 g/mol. The molecule has 1 saturated heterocycles. The van der Waals surface area contributed by atoms with Gasteiger partial charge in [0, 0.05) is 36.4 Å². The van der Waals surface area contributed by atoms with Gasteiger partial charge in [0.1, 0.15) is 5.75 Å². The van der Waals surface area contributed by atoms with E-state index in [1.165, 1.54) is 0 Å². The summed E-state index contributed by atoms with van der Waals surface area (Å²) in [6.07, 6.45) is 0.723. The van der Waals surface area contributed by atoms with Crippen molar-refractivity contribution in [1.82, 2.24) is 4.90 Å². The summed E-state index contributed by atoms with van der Waals surface area (Å²) < 4.78 is 6.04. The molecule has 3 unspecified atom stereocenters. The monoisotopic (exact) mass is 310 g/mol. The maximum Gasteiger partial charge on any atom is 0.303 e. The molecular formula is C15H19ClN2O3. The van der Waals surface area contributed by atoms with Crippen molar-refractivity contribution in [1.29, 1.82) is 0 Å². The zero-order valence-electron chi connectivity index (χ0n) is 11.9. The minimum atomic E-state index is -0.830. The van der Waals surface area contributed by atoms with Crippen LogP contribution in [0.15, 0.2) is 18.2 Å². The van der Waals surface area contributed by atoms with Gasteiger partial charge in [0.25, 0.3) is 0 Å². The molecule has 114 valence electrons. The van der Waals surface area contributed by atoms with Crippen molar-refractivity contribution in [3.8, 4) is 5.75 Å². The van der Waals surface area contributed by atoms with E-state index in [4.69, 9.17) is 22.1 Å². The molecule has 6 heteroatoms. The topological polar surface area (TPSA) is 75.8 Å². The lowest BCUT2D eigenvalue weighted by molar-refractivity contribution is -0.139. The van der Waals surface area contributed by atoms with Gasteiger partial charge in [-0.2, -0.15) is 0 Å². The third-order valence-electron chi connectivity index (χ3n) is 4.57. The quantitative estimate of drug-likeness (QED) is 0.872. The van der Waals surface area contributed by atoms with Gasteiger partial charge in [0.15, 0.2) is 5.72 Å². The van der Waals surface area contributed by atoms with Gasteiger partial charge in [-0.25, -0.2) is 0 Å². The average Bonchev–Trinajstić information content (AvgIpc) is 2.40. The highest BCUT2D eigenvalue weighted by molar-refractivity contribution is 6.30. The Hall–Kier alpha value is -1.30.